The van der Waals surface area contributed by atoms with E-state index in [0.717, 1.165) is 48.9 Å². The predicted molar refractivity (Wildman–Crippen MR) is 97.5 cm³/mol. The quantitative estimate of drug-likeness (QED) is 0.731. The zero-order valence-corrected chi connectivity index (χ0v) is 14.9. The number of hydrogen-bond donors (Lipinski definition) is 2. The fraction of sp³-hybridized carbons (Fsp3) is 0.471. The highest BCUT2D eigenvalue weighted by Gasteiger charge is 2.22. The average Bonchev–Trinajstić information content (AvgIpc) is 3.20. The van der Waals surface area contributed by atoms with E-state index in [9.17, 15) is 9.59 Å². The summed E-state index contributed by atoms with van der Waals surface area (Å²) >= 11 is 0. The molecular formula is C17H23N7O3. The van der Waals surface area contributed by atoms with Crippen LogP contribution in [0.3, 0.4) is 0 Å². The third-order valence-electron chi connectivity index (χ3n) is 4.77. The maximum Gasteiger partial charge on any atom is 0.407 e. The van der Waals surface area contributed by atoms with Gasteiger partial charge in [0, 0.05) is 38.1 Å². The lowest BCUT2D eigenvalue weighted by atomic mass is 9.93. The van der Waals surface area contributed by atoms with Crippen LogP contribution in [0.5, 0.6) is 0 Å². The Bertz CT molecular complexity index is 773. The van der Waals surface area contributed by atoms with Gasteiger partial charge in [0.1, 0.15) is 30.8 Å². The van der Waals surface area contributed by atoms with Crippen molar-refractivity contribution >= 4 is 17.8 Å². The van der Waals surface area contributed by atoms with Gasteiger partial charge in [-0.15, -0.1) is 0 Å². The van der Waals surface area contributed by atoms with E-state index in [4.69, 9.17) is 10.8 Å². The van der Waals surface area contributed by atoms with Crippen molar-refractivity contribution in [3.63, 3.8) is 0 Å². The average molecular weight is 373 g/mol. The fourth-order valence-corrected chi connectivity index (χ4v) is 3.27. The highest BCUT2D eigenvalue weighted by molar-refractivity contribution is 5.80. The molecule has 0 aliphatic carbocycles. The molecule has 3 N–H and O–H groups in total. The van der Waals surface area contributed by atoms with E-state index in [1.165, 1.54) is 0 Å². The summed E-state index contributed by atoms with van der Waals surface area (Å²) in [5, 5.41) is 9.14. The second-order valence-electron chi connectivity index (χ2n) is 6.59. The molecule has 10 nitrogen and oxygen atoms in total. The molecule has 0 unspecified atom stereocenters. The second-order valence-corrected chi connectivity index (χ2v) is 6.59. The molecule has 27 heavy (non-hydrogen) atoms. The van der Waals surface area contributed by atoms with Gasteiger partial charge in [-0.3, -0.25) is 14.3 Å². The van der Waals surface area contributed by atoms with E-state index in [1.54, 1.807) is 18.9 Å². The SMILES string of the molecule is NC(=O)CN(CCC1CCN(c2cc(-n3ccnc3)ncn2)CC1)C(=O)O. The van der Waals surface area contributed by atoms with Crippen LogP contribution in [0.15, 0.2) is 31.1 Å². The van der Waals surface area contributed by atoms with Gasteiger partial charge in [-0.05, 0) is 25.2 Å². The van der Waals surface area contributed by atoms with Gasteiger partial charge in [0.2, 0.25) is 5.91 Å². The van der Waals surface area contributed by atoms with Crippen LogP contribution in [0.1, 0.15) is 19.3 Å². The molecule has 0 aromatic carbocycles. The lowest BCUT2D eigenvalue weighted by Crippen LogP contribution is -2.40. The Labute approximate surface area is 156 Å². The van der Waals surface area contributed by atoms with Crippen LogP contribution in [0.2, 0.25) is 0 Å². The summed E-state index contributed by atoms with van der Waals surface area (Å²) in [5.74, 6) is 1.41. The summed E-state index contributed by atoms with van der Waals surface area (Å²) in [6.45, 7) is 1.75. The Morgan fingerprint density at radius 3 is 2.63 bits per heavy atom. The van der Waals surface area contributed by atoms with Crippen LogP contribution in [-0.2, 0) is 4.79 Å². The molecule has 1 aliphatic heterocycles. The second kappa shape index (κ2) is 8.47. The minimum atomic E-state index is -1.11. The van der Waals surface area contributed by atoms with E-state index in [-0.39, 0.29) is 6.54 Å². The standard InChI is InChI=1S/C17H23N7O3/c18-14(25)10-23(17(26)27)7-3-13-1-5-22(6-2-13)15-9-16(21-11-20-15)24-8-4-19-12-24/h4,8-9,11-13H,1-3,5-7,10H2,(H2,18,25)(H,26,27). The lowest BCUT2D eigenvalue weighted by Gasteiger charge is -2.33. The first kappa shape index (κ1) is 18.6. The Morgan fingerprint density at radius 1 is 1.26 bits per heavy atom. The maximum absolute atomic E-state index is 11.2. The molecule has 0 atom stereocenters. The number of amides is 2. The van der Waals surface area contributed by atoms with Crippen molar-refractivity contribution in [3.8, 4) is 5.82 Å². The molecule has 0 spiro atoms. The molecule has 0 radical (unpaired) electrons. The number of rotatable bonds is 7. The molecule has 2 aromatic heterocycles. The minimum Gasteiger partial charge on any atom is -0.465 e. The number of carbonyl (C=O) groups is 2. The van der Waals surface area contributed by atoms with E-state index < -0.39 is 12.0 Å². The van der Waals surface area contributed by atoms with Gasteiger partial charge in [0.05, 0.1) is 0 Å². The van der Waals surface area contributed by atoms with E-state index in [1.807, 2.05) is 16.8 Å². The Morgan fingerprint density at radius 2 is 2.00 bits per heavy atom. The highest BCUT2D eigenvalue weighted by Crippen LogP contribution is 2.25. The summed E-state index contributed by atoms with van der Waals surface area (Å²) < 4.78 is 1.83. The minimum absolute atomic E-state index is 0.258. The van der Waals surface area contributed by atoms with Crippen LogP contribution in [0.25, 0.3) is 5.82 Å². The molecule has 0 saturated carbocycles. The Hall–Kier alpha value is -3.17. The fourth-order valence-electron chi connectivity index (χ4n) is 3.27. The van der Waals surface area contributed by atoms with Crippen LogP contribution >= 0.6 is 0 Å². The molecule has 1 saturated heterocycles. The smallest absolute Gasteiger partial charge is 0.407 e. The van der Waals surface area contributed by atoms with E-state index in [0.29, 0.717) is 12.5 Å². The van der Waals surface area contributed by atoms with Crippen molar-refractivity contribution in [1.82, 2.24) is 24.4 Å². The van der Waals surface area contributed by atoms with Crippen LogP contribution in [0.4, 0.5) is 10.6 Å². The van der Waals surface area contributed by atoms with Crippen molar-refractivity contribution in [2.24, 2.45) is 11.7 Å². The van der Waals surface area contributed by atoms with Gasteiger partial charge in [0.15, 0.2) is 0 Å². The topological polar surface area (TPSA) is 130 Å². The third-order valence-corrected chi connectivity index (χ3v) is 4.77. The van der Waals surface area contributed by atoms with Gasteiger partial charge in [-0.1, -0.05) is 0 Å². The molecule has 10 heteroatoms. The van der Waals surface area contributed by atoms with Crippen molar-refractivity contribution in [2.75, 3.05) is 31.1 Å². The van der Waals surface area contributed by atoms with Crippen LogP contribution in [-0.4, -0.2) is 67.7 Å². The number of anilines is 1. The van der Waals surface area contributed by atoms with Crippen molar-refractivity contribution < 1.29 is 14.7 Å². The largest absolute Gasteiger partial charge is 0.465 e. The molecular weight excluding hydrogens is 350 g/mol. The lowest BCUT2D eigenvalue weighted by molar-refractivity contribution is -0.118. The normalized spacial score (nSPS) is 14.9. The monoisotopic (exact) mass is 373 g/mol. The number of primary amides is 1. The number of carbonyl (C=O) groups excluding carboxylic acids is 1. The number of nitrogens with two attached hydrogens (primary N) is 1. The molecule has 1 fully saturated rings. The molecule has 2 amide bonds. The molecule has 3 heterocycles. The zero-order valence-electron chi connectivity index (χ0n) is 14.9. The number of imidazole rings is 1. The summed E-state index contributed by atoms with van der Waals surface area (Å²) in [5.41, 5.74) is 5.10. The van der Waals surface area contributed by atoms with Gasteiger partial charge in [-0.25, -0.2) is 19.7 Å². The van der Waals surface area contributed by atoms with E-state index >= 15 is 0 Å². The molecule has 0 bridgehead atoms. The van der Waals surface area contributed by atoms with Crippen LogP contribution < -0.4 is 10.6 Å². The van der Waals surface area contributed by atoms with E-state index in [2.05, 4.69) is 19.9 Å². The molecule has 2 aromatic rings. The number of piperidine rings is 1. The summed E-state index contributed by atoms with van der Waals surface area (Å²) in [6, 6.07) is 1.93. The molecule has 3 rings (SSSR count). The first-order chi connectivity index (χ1) is 13.0. The summed E-state index contributed by atoms with van der Waals surface area (Å²) in [4.78, 5) is 38.1. The summed E-state index contributed by atoms with van der Waals surface area (Å²) in [7, 11) is 0. The van der Waals surface area contributed by atoms with Gasteiger partial charge in [-0.2, -0.15) is 0 Å². The Kier molecular flexibility index (Phi) is 5.84. The van der Waals surface area contributed by atoms with Gasteiger partial charge in [0.25, 0.3) is 0 Å². The summed E-state index contributed by atoms with van der Waals surface area (Å²) in [6.07, 6.45) is 8.26. The third kappa shape index (κ3) is 4.93. The first-order valence-electron chi connectivity index (χ1n) is 8.84. The van der Waals surface area contributed by atoms with Crippen molar-refractivity contribution in [1.29, 1.82) is 0 Å². The van der Waals surface area contributed by atoms with Gasteiger partial charge >= 0.3 is 6.09 Å². The number of carboxylic acid groups (broad SMARTS) is 1. The molecule has 1 aliphatic rings. The van der Waals surface area contributed by atoms with Crippen molar-refractivity contribution in [3.05, 3.63) is 31.1 Å². The number of nitrogens with zero attached hydrogens (tertiary/aromatic N) is 6. The maximum atomic E-state index is 11.2. The molecule has 144 valence electrons. The van der Waals surface area contributed by atoms with Gasteiger partial charge < -0.3 is 15.7 Å². The zero-order chi connectivity index (χ0) is 19.2. The first-order valence-corrected chi connectivity index (χ1v) is 8.84. The predicted octanol–water partition coefficient (Wildman–Crippen LogP) is 0.734. The van der Waals surface area contributed by atoms with Crippen molar-refractivity contribution in [2.45, 2.75) is 19.3 Å². The number of hydrogen-bond acceptors (Lipinski definition) is 6. The highest BCUT2D eigenvalue weighted by atomic mass is 16.4. The van der Waals surface area contributed by atoms with Crippen LogP contribution in [0, 0.1) is 5.92 Å². The number of aromatic nitrogens is 4. The Balaban J connectivity index is 1.52.